The molecule has 3 nitrogen and oxygen atoms in total. The summed E-state index contributed by atoms with van der Waals surface area (Å²) in [5.74, 6) is 0.451. The lowest BCUT2D eigenvalue weighted by molar-refractivity contribution is 0.0514. The standard InChI is InChI=1S/C15H21FN2O/c1-17-6-7-19-15-11-18(10-13(15)8-17)9-12-4-2-3-5-14(12)16/h2-5,13,15H,6-11H2,1H3/t13-,15+/m0/s1. The molecule has 2 aliphatic heterocycles. The van der Waals surface area contributed by atoms with Crippen molar-refractivity contribution in [3.8, 4) is 0 Å². The molecule has 0 spiro atoms. The van der Waals surface area contributed by atoms with Crippen LogP contribution in [0.15, 0.2) is 24.3 Å². The Labute approximate surface area is 114 Å². The van der Waals surface area contributed by atoms with Crippen LogP contribution in [-0.4, -0.2) is 55.7 Å². The predicted octanol–water partition coefficient (Wildman–Crippen LogP) is 1.59. The van der Waals surface area contributed by atoms with Crippen LogP contribution in [0.25, 0.3) is 0 Å². The molecule has 0 aliphatic carbocycles. The third kappa shape index (κ3) is 2.96. The molecule has 0 amide bonds. The summed E-state index contributed by atoms with van der Waals surface area (Å²) >= 11 is 0. The molecule has 0 aromatic heterocycles. The summed E-state index contributed by atoms with van der Waals surface area (Å²) in [5.41, 5.74) is 0.785. The number of ether oxygens (including phenoxy) is 1. The van der Waals surface area contributed by atoms with Crippen molar-refractivity contribution in [1.82, 2.24) is 9.80 Å². The van der Waals surface area contributed by atoms with Crippen LogP contribution < -0.4 is 0 Å². The van der Waals surface area contributed by atoms with Gasteiger partial charge in [0.2, 0.25) is 0 Å². The zero-order valence-corrected chi connectivity index (χ0v) is 11.4. The highest BCUT2D eigenvalue weighted by molar-refractivity contribution is 5.17. The fraction of sp³-hybridized carbons (Fsp3) is 0.600. The molecule has 1 aromatic rings. The number of likely N-dealkylation sites (N-methyl/N-ethyl adjacent to an activating group) is 1. The highest BCUT2D eigenvalue weighted by Crippen LogP contribution is 2.25. The monoisotopic (exact) mass is 264 g/mol. The SMILES string of the molecule is CN1CCO[C@@H]2CN(Cc3ccccc3F)C[C@@H]2C1. The van der Waals surface area contributed by atoms with Crippen LogP contribution in [0.4, 0.5) is 4.39 Å². The molecule has 0 unspecified atom stereocenters. The van der Waals surface area contributed by atoms with Crippen molar-refractivity contribution in [3.63, 3.8) is 0 Å². The van der Waals surface area contributed by atoms with E-state index in [1.165, 1.54) is 6.07 Å². The van der Waals surface area contributed by atoms with Crippen LogP contribution in [0.2, 0.25) is 0 Å². The summed E-state index contributed by atoms with van der Waals surface area (Å²) < 4.78 is 19.6. The fourth-order valence-corrected chi connectivity index (χ4v) is 3.14. The van der Waals surface area contributed by atoms with Crippen LogP contribution in [0.5, 0.6) is 0 Å². The van der Waals surface area contributed by atoms with Gasteiger partial charge in [0.1, 0.15) is 5.82 Å². The summed E-state index contributed by atoms with van der Waals surface area (Å²) in [6.45, 7) is 5.52. The number of nitrogens with zero attached hydrogens (tertiary/aromatic N) is 2. The molecule has 0 bridgehead atoms. The van der Waals surface area contributed by atoms with Gasteiger partial charge in [0, 0.05) is 44.2 Å². The minimum Gasteiger partial charge on any atom is -0.375 e. The molecular formula is C15H21FN2O. The van der Waals surface area contributed by atoms with Crippen molar-refractivity contribution in [2.45, 2.75) is 12.6 Å². The summed E-state index contributed by atoms with van der Waals surface area (Å²) in [6.07, 6.45) is 0.316. The Morgan fingerprint density at radius 2 is 2.11 bits per heavy atom. The van der Waals surface area contributed by atoms with Crippen molar-refractivity contribution < 1.29 is 9.13 Å². The second kappa shape index (κ2) is 5.57. The largest absolute Gasteiger partial charge is 0.375 e. The number of benzene rings is 1. The van der Waals surface area contributed by atoms with E-state index in [1.807, 2.05) is 12.1 Å². The summed E-state index contributed by atoms with van der Waals surface area (Å²) in [5, 5.41) is 0. The number of fused-ring (bicyclic) bond motifs is 1. The number of likely N-dealkylation sites (tertiary alicyclic amines) is 1. The first-order chi connectivity index (χ1) is 9.22. The molecule has 0 N–H and O–H groups in total. The van der Waals surface area contributed by atoms with Crippen LogP contribution in [0.3, 0.4) is 0 Å². The molecule has 104 valence electrons. The maximum Gasteiger partial charge on any atom is 0.127 e. The normalized spacial score (nSPS) is 29.2. The van der Waals surface area contributed by atoms with Crippen molar-refractivity contribution in [1.29, 1.82) is 0 Å². The summed E-state index contributed by atoms with van der Waals surface area (Å²) in [6, 6.07) is 7.05. The molecule has 2 atom stereocenters. The van der Waals surface area contributed by atoms with Gasteiger partial charge in [-0.1, -0.05) is 18.2 Å². The second-order valence-electron chi connectivity index (χ2n) is 5.72. The van der Waals surface area contributed by atoms with Gasteiger partial charge in [0.15, 0.2) is 0 Å². The van der Waals surface area contributed by atoms with E-state index in [1.54, 1.807) is 6.07 Å². The number of halogens is 1. The highest BCUT2D eigenvalue weighted by atomic mass is 19.1. The van der Waals surface area contributed by atoms with Gasteiger partial charge in [0.05, 0.1) is 12.7 Å². The molecule has 2 heterocycles. The van der Waals surface area contributed by atoms with Gasteiger partial charge >= 0.3 is 0 Å². The molecule has 4 heteroatoms. The smallest absolute Gasteiger partial charge is 0.127 e. The molecule has 2 aliphatic rings. The van der Waals surface area contributed by atoms with Gasteiger partial charge in [-0.2, -0.15) is 0 Å². The van der Waals surface area contributed by atoms with Gasteiger partial charge in [-0.25, -0.2) is 4.39 Å². The highest BCUT2D eigenvalue weighted by Gasteiger charge is 2.35. The number of hydrogen-bond donors (Lipinski definition) is 0. The van der Waals surface area contributed by atoms with Crippen molar-refractivity contribution >= 4 is 0 Å². The Balaban J connectivity index is 1.64. The molecule has 3 rings (SSSR count). The Bertz CT molecular complexity index is 440. The third-order valence-electron chi connectivity index (χ3n) is 4.16. The van der Waals surface area contributed by atoms with Crippen LogP contribution in [-0.2, 0) is 11.3 Å². The average Bonchev–Trinajstić information content (AvgIpc) is 2.66. The van der Waals surface area contributed by atoms with Gasteiger partial charge in [-0.15, -0.1) is 0 Å². The van der Waals surface area contributed by atoms with E-state index in [-0.39, 0.29) is 5.82 Å². The maximum atomic E-state index is 13.7. The molecule has 0 radical (unpaired) electrons. The van der Waals surface area contributed by atoms with Gasteiger partial charge in [-0.05, 0) is 13.1 Å². The van der Waals surface area contributed by atoms with E-state index >= 15 is 0 Å². The lowest BCUT2D eigenvalue weighted by Gasteiger charge is -2.19. The maximum absolute atomic E-state index is 13.7. The summed E-state index contributed by atoms with van der Waals surface area (Å²) in [4.78, 5) is 4.64. The van der Waals surface area contributed by atoms with E-state index in [2.05, 4.69) is 16.8 Å². The lowest BCUT2D eigenvalue weighted by Crippen LogP contribution is -2.29. The zero-order chi connectivity index (χ0) is 13.2. The molecule has 2 saturated heterocycles. The third-order valence-corrected chi connectivity index (χ3v) is 4.16. The predicted molar refractivity (Wildman–Crippen MR) is 72.4 cm³/mol. The van der Waals surface area contributed by atoms with Crippen LogP contribution in [0, 0.1) is 11.7 Å². The minimum absolute atomic E-state index is 0.104. The zero-order valence-electron chi connectivity index (χ0n) is 11.4. The van der Waals surface area contributed by atoms with E-state index in [0.717, 1.165) is 38.3 Å². The van der Waals surface area contributed by atoms with Crippen molar-refractivity contribution in [3.05, 3.63) is 35.6 Å². The molecule has 1 aromatic carbocycles. The quantitative estimate of drug-likeness (QED) is 0.807. The first-order valence-electron chi connectivity index (χ1n) is 6.98. The van der Waals surface area contributed by atoms with Gasteiger partial charge in [-0.3, -0.25) is 4.90 Å². The fourth-order valence-electron chi connectivity index (χ4n) is 3.14. The molecule has 0 saturated carbocycles. The van der Waals surface area contributed by atoms with Gasteiger partial charge < -0.3 is 9.64 Å². The Hall–Kier alpha value is -0.970. The van der Waals surface area contributed by atoms with E-state index in [4.69, 9.17) is 4.74 Å². The first kappa shape index (κ1) is 13.0. The topological polar surface area (TPSA) is 15.7 Å². The Morgan fingerprint density at radius 1 is 1.26 bits per heavy atom. The molecule has 2 fully saturated rings. The van der Waals surface area contributed by atoms with Crippen LogP contribution in [0.1, 0.15) is 5.56 Å². The van der Waals surface area contributed by atoms with Crippen molar-refractivity contribution in [2.75, 3.05) is 39.8 Å². The van der Waals surface area contributed by atoms with E-state index in [9.17, 15) is 4.39 Å². The second-order valence-corrected chi connectivity index (χ2v) is 5.72. The van der Waals surface area contributed by atoms with Crippen molar-refractivity contribution in [2.24, 2.45) is 5.92 Å². The Kier molecular flexibility index (Phi) is 3.82. The van der Waals surface area contributed by atoms with Gasteiger partial charge in [0.25, 0.3) is 0 Å². The Morgan fingerprint density at radius 3 is 2.95 bits per heavy atom. The lowest BCUT2D eigenvalue weighted by atomic mass is 10.1. The minimum atomic E-state index is -0.104. The molecular weight excluding hydrogens is 243 g/mol. The van der Waals surface area contributed by atoms with Crippen LogP contribution >= 0.6 is 0 Å². The van der Waals surface area contributed by atoms with E-state index < -0.39 is 0 Å². The molecule has 19 heavy (non-hydrogen) atoms. The number of hydrogen-bond acceptors (Lipinski definition) is 3. The van der Waals surface area contributed by atoms with E-state index in [0.29, 0.717) is 18.6 Å². The first-order valence-corrected chi connectivity index (χ1v) is 6.98. The average molecular weight is 264 g/mol. The summed E-state index contributed by atoms with van der Waals surface area (Å²) in [7, 11) is 2.14. The number of rotatable bonds is 2.